The van der Waals surface area contributed by atoms with Gasteiger partial charge in [0.05, 0.1) is 5.56 Å². The van der Waals surface area contributed by atoms with Gasteiger partial charge in [-0.2, -0.15) is 18.4 Å². The van der Waals surface area contributed by atoms with Gasteiger partial charge in [0.25, 0.3) is 5.91 Å². The van der Waals surface area contributed by atoms with E-state index in [0.29, 0.717) is 11.3 Å². The zero-order valence-corrected chi connectivity index (χ0v) is 12.3. The van der Waals surface area contributed by atoms with Gasteiger partial charge in [-0.3, -0.25) is 10.2 Å². The van der Waals surface area contributed by atoms with Gasteiger partial charge < -0.3 is 10.4 Å². The first-order valence-corrected chi connectivity index (χ1v) is 6.67. The molecule has 1 aliphatic heterocycles. The number of carbonyl (C=O) groups is 2. The van der Waals surface area contributed by atoms with Gasteiger partial charge in [-0.15, -0.1) is 0 Å². The van der Waals surface area contributed by atoms with E-state index in [-0.39, 0.29) is 5.91 Å². The van der Waals surface area contributed by atoms with Crippen molar-refractivity contribution in [3.05, 3.63) is 29.6 Å². The van der Waals surface area contributed by atoms with Crippen molar-refractivity contribution in [2.24, 2.45) is 0 Å². The monoisotopic (exact) mass is 345 g/mol. The molecule has 0 atom stereocenters. The number of aliphatic carboxylic acids is 1. The lowest BCUT2D eigenvalue weighted by Crippen LogP contribution is -2.52. The second-order valence-corrected chi connectivity index (χ2v) is 4.52. The van der Waals surface area contributed by atoms with Crippen molar-refractivity contribution in [3.63, 3.8) is 0 Å². The van der Waals surface area contributed by atoms with Gasteiger partial charge in [-0.1, -0.05) is 0 Å². The summed E-state index contributed by atoms with van der Waals surface area (Å²) in [4.78, 5) is 24.6. The van der Waals surface area contributed by atoms with Gasteiger partial charge >= 0.3 is 12.1 Å². The van der Waals surface area contributed by atoms with Crippen LogP contribution in [0.2, 0.25) is 0 Å². The standard InChI is InChI=1S/C11H13N5O.C2HF3O2/c12-7-9-1-2-10(14-8-9)11(17)15-16-5-3-13-4-6-16;3-2(4,5)1(6)7/h1-2,8,13H,3-6H2,(H,15,17);(H,6,7). The number of carbonyl (C=O) groups excluding carboxylic acids is 1. The molecule has 0 saturated carbocycles. The van der Waals surface area contributed by atoms with Crippen LogP contribution in [0.25, 0.3) is 0 Å². The minimum Gasteiger partial charge on any atom is -0.475 e. The van der Waals surface area contributed by atoms with Crippen molar-refractivity contribution in [3.8, 4) is 6.07 Å². The highest BCUT2D eigenvalue weighted by Crippen LogP contribution is 2.13. The molecule has 1 aromatic heterocycles. The molecule has 3 N–H and O–H groups in total. The molecule has 1 saturated heterocycles. The van der Waals surface area contributed by atoms with E-state index in [4.69, 9.17) is 15.2 Å². The number of nitriles is 1. The van der Waals surface area contributed by atoms with Crippen molar-refractivity contribution in [1.29, 1.82) is 5.26 Å². The van der Waals surface area contributed by atoms with E-state index in [1.54, 1.807) is 12.1 Å². The van der Waals surface area contributed by atoms with E-state index in [1.807, 2.05) is 11.1 Å². The summed E-state index contributed by atoms with van der Waals surface area (Å²) < 4.78 is 31.7. The number of nitrogens with zero attached hydrogens (tertiary/aromatic N) is 3. The lowest BCUT2D eigenvalue weighted by atomic mass is 10.2. The first kappa shape index (κ1) is 19.3. The molecule has 1 fully saturated rings. The van der Waals surface area contributed by atoms with Crippen LogP contribution in [-0.4, -0.2) is 59.3 Å². The summed E-state index contributed by atoms with van der Waals surface area (Å²) in [5.41, 5.74) is 3.55. The topological polar surface area (TPSA) is 118 Å². The third kappa shape index (κ3) is 6.59. The number of alkyl halides is 3. The molecule has 1 aromatic rings. The number of carboxylic acids is 1. The summed E-state index contributed by atoms with van der Waals surface area (Å²) in [7, 11) is 0. The van der Waals surface area contributed by atoms with Crippen LogP contribution >= 0.6 is 0 Å². The molecular formula is C13H14F3N5O3. The van der Waals surface area contributed by atoms with E-state index in [1.165, 1.54) is 6.20 Å². The number of hydrogen-bond acceptors (Lipinski definition) is 6. The maximum atomic E-state index is 11.8. The fourth-order valence-electron chi connectivity index (χ4n) is 1.57. The van der Waals surface area contributed by atoms with Crippen LogP contribution < -0.4 is 10.7 Å². The van der Waals surface area contributed by atoms with E-state index in [2.05, 4.69) is 15.7 Å². The van der Waals surface area contributed by atoms with E-state index >= 15 is 0 Å². The van der Waals surface area contributed by atoms with Crippen LogP contribution in [0.4, 0.5) is 13.2 Å². The molecule has 0 spiro atoms. The van der Waals surface area contributed by atoms with E-state index < -0.39 is 12.1 Å². The summed E-state index contributed by atoms with van der Waals surface area (Å²) in [6.45, 7) is 3.28. The van der Waals surface area contributed by atoms with E-state index in [9.17, 15) is 18.0 Å². The van der Waals surface area contributed by atoms with Crippen molar-refractivity contribution in [2.45, 2.75) is 6.18 Å². The lowest BCUT2D eigenvalue weighted by molar-refractivity contribution is -0.192. The largest absolute Gasteiger partial charge is 0.490 e. The molecule has 0 unspecified atom stereocenters. The Kier molecular flexibility index (Phi) is 7.09. The number of piperazine rings is 1. The third-order valence-electron chi connectivity index (χ3n) is 2.74. The fraction of sp³-hybridized carbons (Fsp3) is 0.385. The second-order valence-electron chi connectivity index (χ2n) is 4.52. The summed E-state index contributed by atoms with van der Waals surface area (Å²) in [6.07, 6.45) is -3.69. The molecule has 24 heavy (non-hydrogen) atoms. The van der Waals surface area contributed by atoms with Crippen LogP contribution in [0.1, 0.15) is 16.1 Å². The third-order valence-corrected chi connectivity index (χ3v) is 2.74. The highest BCUT2D eigenvalue weighted by molar-refractivity contribution is 5.91. The smallest absolute Gasteiger partial charge is 0.475 e. The number of hydrazine groups is 1. The Bertz CT molecular complexity index is 607. The molecule has 0 bridgehead atoms. The summed E-state index contributed by atoms with van der Waals surface area (Å²) in [5.74, 6) is -3.00. The molecule has 2 rings (SSSR count). The number of carboxylic acid groups (broad SMARTS) is 1. The molecule has 8 nitrogen and oxygen atoms in total. The van der Waals surface area contributed by atoms with E-state index in [0.717, 1.165) is 26.2 Å². The number of halogens is 3. The van der Waals surface area contributed by atoms with Crippen LogP contribution in [0, 0.1) is 11.3 Å². The fourth-order valence-corrected chi connectivity index (χ4v) is 1.57. The average molecular weight is 345 g/mol. The summed E-state index contributed by atoms with van der Waals surface area (Å²) in [6, 6.07) is 5.10. The summed E-state index contributed by atoms with van der Waals surface area (Å²) >= 11 is 0. The Morgan fingerprint density at radius 2 is 1.92 bits per heavy atom. The normalized spacial score (nSPS) is 14.8. The van der Waals surface area contributed by atoms with Gasteiger partial charge in [0.15, 0.2) is 0 Å². The van der Waals surface area contributed by atoms with Crippen molar-refractivity contribution < 1.29 is 27.9 Å². The number of aromatic nitrogens is 1. The average Bonchev–Trinajstić information content (AvgIpc) is 2.55. The summed E-state index contributed by atoms with van der Waals surface area (Å²) in [5, 5.41) is 20.8. The maximum absolute atomic E-state index is 11.8. The highest BCUT2D eigenvalue weighted by atomic mass is 19.4. The quantitative estimate of drug-likeness (QED) is 0.697. The second kappa shape index (κ2) is 8.80. The number of pyridine rings is 1. The Morgan fingerprint density at radius 3 is 2.33 bits per heavy atom. The molecule has 1 amide bonds. The van der Waals surface area contributed by atoms with Crippen molar-refractivity contribution in [2.75, 3.05) is 26.2 Å². The molecule has 0 aromatic carbocycles. The van der Waals surface area contributed by atoms with Crippen LogP contribution in [0.15, 0.2) is 18.3 Å². The van der Waals surface area contributed by atoms with Gasteiger partial charge in [0, 0.05) is 32.4 Å². The Balaban J connectivity index is 0.000000351. The van der Waals surface area contributed by atoms with Gasteiger partial charge in [-0.05, 0) is 12.1 Å². The number of rotatable bonds is 2. The van der Waals surface area contributed by atoms with Crippen molar-refractivity contribution >= 4 is 11.9 Å². The highest BCUT2D eigenvalue weighted by Gasteiger charge is 2.38. The molecular weight excluding hydrogens is 331 g/mol. The van der Waals surface area contributed by atoms with Crippen LogP contribution in [0.5, 0.6) is 0 Å². The molecule has 1 aliphatic rings. The van der Waals surface area contributed by atoms with Gasteiger partial charge in [0.2, 0.25) is 0 Å². The van der Waals surface area contributed by atoms with Crippen LogP contribution in [-0.2, 0) is 4.79 Å². The Hall–Kier alpha value is -2.71. The molecule has 0 aliphatic carbocycles. The Labute approximate surface area is 134 Å². The predicted octanol–water partition coefficient (Wildman–Crippen LogP) is 0.137. The van der Waals surface area contributed by atoms with Gasteiger partial charge in [-0.25, -0.2) is 14.8 Å². The van der Waals surface area contributed by atoms with Crippen LogP contribution in [0.3, 0.4) is 0 Å². The first-order valence-electron chi connectivity index (χ1n) is 6.67. The maximum Gasteiger partial charge on any atom is 0.490 e. The molecule has 11 heteroatoms. The SMILES string of the molecule is N#Cc1ccc(C(=O)NN2CCNCC2)nc1.O=C(O)C(F)(F)F. The minimum absolute atomic E-state index is 0.239. The number of nitrogens with one attached hydrogen (secondary N) is 2. The number of hydrogen-bond donors (Lipinski definition) is 3. The zero-order chi connectivity index (χ0) is 18.2. The minimum atomic E-state index is -5.08. The van der Waals surface area contributed by atoms with Gasteiger partial charge in [0.1, 0.15) is 11.8 Å². The van der Waals surface area contributed by atoms with Crippen molar-refractivity contribution in [1.82, 2.24) is 20.7 Å². The zero-order valence-electron chi connectivity index (χ0n) is 12.3. The molecule has 2 heterocycles. The molecule has 0 radical (unpaired) electrons. The Morgan fingerprint density at radius 1 is 1.33 bits per heavy atom. The first-order chi connectivity index (χ1) is 11.2. The lowest BCUT2D eigenvalue weighted by Gasteiger charge is -2.27. The molecule has 130 valence electrons. The predicted molar refractivity (Wildman–Crippen MR) is 74.6 cm³/mol. The number of amides is 1.